The Balaban J connectivity index is 1.68. The van der Waals surface area contributed by atoms with Crippen molar-refractivity contribution in [3.63, 3.8) is 0 Å². The number of nitrogens with one attached hydrogen (secondary N) is 2. The molecule has 1 aliphatic heterocycles. The minimum absolute atomic E-state index is 0.329. The maximum atomic E-state index is 12.2. The lowest BCUT2D eigenvalue weighted by Crippen LogP contribution is -2.41. The van der Waals surface area contributed by atoms with Crippen LogP contribution in [0.2, 0.25) is 5.02 Å². The van der Waals surface area contributed by atoms with Gasteiger partial charge < -0.3 is 0 Å². The molecule has 1 aliphatic rings. The lowest BCUT2D eigenvalue weighted by atomic mass is 10.1. The number of carbonyl (C=O) groups is 2. The van der Waals surface area contributed by atoms with Gasteiger partial charge in [0.1, 0.15) is 0 Å². The molecule has 136 valence electrons. The molecule has 0 fully saturated rings. The van der Waals surface area contributed by atoms with Gasteiger partial charge in [0.15, 0.2) is 0 Å². The van der Waals surface area contributed by atoms with Crippen molar-refractivity contribution in [2.45, 2.75) is 6.42 Å². The lowest BCUT2D eigenvalue weighted by Gasteiger charge is -2.16. The molecule has 0 radical (unpaired) electrons. The molecule has 7 nitrogen and oxygen atoms in total. The van der Waals surface area contributed by atoms with Gasteiger partial charge in [0.25, 0.3) is 11.8 Å². The van der Waals surface area contributed by atoms with E-state index in [1.54, 1.807) is 36.4 Å². The summed E-state index contributed by atoms with van der Waals surface area (Å²) < 4.78 is 24.8. The van der Waals surface area contributed by atoms with Crippen LogP contribution in [0.15, 0.2) is 42.5 Å². The van der Waals surface area contributed by atoms with E-state index >= 15 is 0 Å². The summed E-state index contributed by atoms with van der Waals surface area (Å²) >= 11 is 5.77. The molecule has 0 bridgehead atoms. The molecule has 3 rings (SSSR count). The molecule has 1 heterocycles. The number of carbonyl (C=O) groups excluding carboxylic acids is 2. The molecule has 2 aromatic rings. The number of hydrazine groups is 1. The normalized spacial score (nSPS) is 13.2. The molecule has 9 heteroatoms. The van der Waals surface area contributed by atoms with Crippen molar-refractivity contribution in [1.29, 1.82) is 0 Å². The van der Waals surface area contributed by atoms with E-state index in [1.807, 2.05) is 0 Å². The summed E-state index contributed by atoms with van der Waals surface area (Å²) in [6.45, 7) is 0.354. The number of anilines is 1. The molecule has 2 N–H and O–H groups in total. The van der Waals surface area contributed by atoms with Crippen LogP contribution in [0, 0.1) is 0 Å². The van der Waals surface area contributed by atoms with Gasteiger partial charge in [-0.3, -0.25) is 24.7 Å². The highest BCUT2D eigenvalue weighted by Crippen LogP contribution is 2.30. The first-order chi connectivity index (χ1) is 12.3. The quantitative estimate of drug-likeness (QED) is 0.776. The highest BCUT2D eigenvalue weighted by atomic mass is 35.5. The summed E-state index contributed by atoms with van der Waals surface area (Å²) in [6.07, 6.45) is 1.68. The number of halogens is 1. The van der Waals surface area contributed by atoms with Crippen molar-refractivity contribution < 1.29 is 18.0 Å². The average molecular weight is 394 g/mol. The second-order valence-electron chi connectivity index (χ2n) is 5.84. The molecule has 26 heavy (non-hydrogen) atoms. The lowest BCUT2D eigenvalue weighted by molar-refractivity contribution is 0.0846. The summed E-state index contributed by atoms with van der Waals surface area (Å²) in [6, 6.07) is 11.0. The fraction of sp³-hybridized carbons (Fsp3) is 0.176. The Kier molecular flexibility index (Phi) is 4.88. The monoisotopic (exact) mass is 393 g/mol. The molecule has 2 amide bonds. The van der Waals surface area contributed by atoms with Crippen LogP contribution in [0.4, 0.5) is 5.69 Å². The van der Waals surface area contributed by atoms with E-state index in [-0.39, 0.29) is 0 Å². The molecule has 0 saturated heterocycles. The first kappa shape index (κ1) is 18.2. The van der Waals surface area contributed by atoms with Crippen molar-refractivity contribution in [3.8, 4) is 0 Å². The van der Waals surface area contributed by atoms with Gasteiger partial charge in [0.2, 0.25) is 10.0 Å². The zero-order valence-electron chi connectivity index (χ0n) is 13.8. The fourth-order valence-corrected chi connectivity index (χ4v) is 3.80. The van der Waals surface area contributed by atoms with Crippen LogP contribution in [0.5, 0.6) is 0 Å². The molecule has 0 aliphatic carbocycles. The van der Waals surface area contributed by atoms with Crippen LogP contribution in [0.3, 0.4) is 0 Å². The minimum atomic E-state index is -3.34. The van der Waals surface area contributed by atoms with Crippen molar-refractivity contribution in [2.24, 2.45) is 0 Å². The predicted octanol–water partition coefficient (Wildman–Crippen LogP) is 1.74. The Bertz CT molecular complexity index is 974. The van der Waals surface area contributed by atoms with Gasteiger partial charge in [-0.2, -0.15) is 0 Å². The van der Waals surface area contributed by atoms with Gasteiger partial charge in [0, 0.05) is 22.7 Å². The Morgan fingerprint density at radius 3 is 2.19 bits per heavy atom. The van der Waals surface area contributed by atoms with E-state index in [1.165, 1.54) is 10.4 Å². The number of hydrogen-bond donors (Lipinski definition) is 2. The summed E-state index contributed by atoms with van der Waals surface area (Å²) in [7, 11) is -3.34. The Morgan fingerprint density at radius 1 is 1.00 bits per heavy atom. The number of hydrogen-bond acceptors (Lipinski definition) is 4. The number of nitrogens with zero attached hydrogens (tertiary/aromatic N) is 1. The van der Waals surface area contributed by atoms with E-state index in [4.69, 9.17) is 11.6 Å². The topological polar surface area (TPSA) is 95.6 Å². The molecular formula is C17H16ClN3O4S. The number of amides is 2. The van der Waals surface area contributed by atoms with Crippen molar-refractivity contribution >= 4 is 39.1 Å². The zero-order valence-corrected chi connectivity index (χ0v) is 15.4. The van der Waals surface area contributed by atoms with Crippen LogP contribution in [0.25, 0.3) is 0 Å². The van der Waals surface area contributed by atoms with Gasteiger partial charge in [-0.1, -0.05) is 11.6 Å². The van der Waals surface area contributed by atoms with Gasteiger partial charge in [0.05, 0.1) is 11.9 Å². The largest absolute Gasteiger partial charge is 0.270 e. The first-order valence-electron chi connectivity index (χ1n) is 7.72. The van der Waals surface area contributed by atoms with E-state index in [2.05, 4.69) is 10.9 Å². The SMILES string of the molecule is CS(=O)(=O)N1CCc2cc(C(=O)NNC(=O)c3ccc(Cl)cc3)ccc21. The number of rotatable bonds is 3. The van der Waals surface area contributed by atoms with Gasteiger partial charge in [-0.05, 0) is 54.4 Å². The third kappa shape index (κ3) is 3.81. The van der Waals surface area contributed by atoms with Gasteiger partial charge in [-0.25, -0.2) is 8.42 Å². The third-order valence-electron chi connectivity index (χ3n) is 3.99. The molecule has 0 unspecified atom stereocenters. The van der Waals surface area contributed by atoms with Crippen molar-refractivity contribution in [1.82, 2.24) is 10.9 Å². The molecule has 2 aromatic carbocycles. The van der Waals surface area contributed by atoms with E-state index in [0.29, 0.717) is 34.8 Å². The molecule has 0 atom stereocenters. The first-order valence-corrected chi connectivity index (χ1v) is 9.95. The van der Waals surface area contributed by atoms with Gasteiger partial charge in [-0.15, -0.1) is 0 Å². The number of sulfonamides is 1. The summed E-state index contributed by atoms with van der Waals surface area (Å²) in [5, 5.41) is 0.506. The number of benzene rings is 2. The molecular weight excluding hydrogens is 378 g/mol. The van der Waals surface area contributed by atoms with Crippen LogP contribution in [-0.4, -0.2) is 33.0 Å². The van der Waals surface area contributed by atoms with E-state index in [0.717, 1.165) is 11.8 Å². The van der Waals surface area contributed by atoms with Crippen LogP contribution < -0.4 is 15.2 Å². The Hall–Kier alpha value is -2.58. The Morgan fingerprint density at radius 2 is 1.58 bits per heavy atom. The second-order valence-corrected chi connectivity index (χ2v) is 8.19. The fourth-order valence-electron chi connectivity index (χ4n) is 2.72. The zero-order chi connectivity index (χ0) is 18.9. The average Bonchev–Trinajstić information content (AvgIpc) is 3.03. The maximum absolute atomic E-state index is 12.2. The third-order valence-corrected chi connectivity index (χ3v) is 5.42. The van der Waals surface area contributed by atoms with Gasteiger partial charge >= 0.3 is 0 Å². The maximum Gasteiger partial charge on any atom is 0.269 e. The highest BCUT2D eigenvalue weighted by Gasteiger charge is 2.26. The summed E-state index contributed by atoms with van der Waals surface area (Å²) in [5.41, 5.74) is 6.70. The van der Waals surface area contributed by atoms with Crippen LogP contribution in [0.1, 0.15) is 26.3 Å². The minimum Gasteiger partial charge on any atom is -0.270 e. The molecule has 0 saturated carbocycles. The van der Waals surface area contributed by atoms with Crippen molar-refractivity contribution in [2.75, 3.05) is 17.1 Å². The standard InChI is InChI=1S/C17H16ClN3O4S/c1-26(24,25)21-9-8-12-10-13(4-7-15(12)21)17(23)20-19-16(22)11-2-5-14(18)6-3-11/h2-7,10H,8-9H2,1H3,(H,19,22)(H,20,23). The van der Waals surface area contributed by atoms with Crippen LogP contribution in [-0.2, 0) is 16.4 Å². The highest BCUT2D eigenvalue weighted by molar-refractivity contribution is 7.92. The van der Waals surface area contributed by atoms with E-state index in [9.17, 15) is 18.0 Å². The smallest absolute Gasteiger partial charge is 0.269 e. The number of fused-ring (bicyclic) bond motifs is 1. The summed E-state index contributed by atoms with van der Waals surface area (Å²) in [5.74, 6) is -0.965. The molecule has 0 spiro atoms. The molecule has 0 aromatic heterocycles. The Labute approximate surface area is 156 Å². The van der Waals surface area contributed by atoms with Crippen molar-refractivity contribution in [3.05, 3.63) is 64.2 Å². The predicted molar refractivity (Wildman–Crippen MR) is 98.7 cm³/mol. The summed E-state index contributed by atoms with van der Waals surface area (Å²) in [4.78, 5) is 24.2. The second kappa shape index (κ2) is 6.97. The van der Waals surface area contributed by atoms with E-state index < -0.39 is 21.8 Å². The van der Waals surface area contributed by atoms with Crippen LogP contribution >= 0.6 is 11.6 Å².